The van der Waals surface area contributed by atoms with Gasteiger partial charge in [-0.2, -0.15) is 0 Å². The number of pyridine rings is 1. The molecule has 0 radical (unpaired) electrons. The number of aromatic nitrogens is 1. The van der Waals surface area contributed by atoms with Crippen LogP contribution in [0.1, 0.15) is 31.2 Å². The predicted molar refractivity (Wildman–Crippen MR) is 110 cm³/mol. The maximum Gasteiger partial charge on any atom is 0.0712 e. The molecule has 2 nitrogen and oxygen atoms in total. The van der Waals surface area contributed by atoms with Crippen LogP contribution in [-0.4, -0.2) is 30.0 Å². The number of benzene rings is 2. The standard InChI is InChI=1S/C24H28N2/c1-26-16-8-10-19(18-26)9-7-13-21-17-24(20-11-3-2-4-12-20)25-23-15-6-5-14-22(21)23/h2-6,11-12,14-15,17,19H,7-10,13,16,18H2,1H3. The zero-order valence-corrected chi connectivity index (χ0v) is 15.7. The van der Waals surface area contributed by atoms with Gasteiger partial charge in [0, 0.05) is 17.5 Å². The molecule has 1 saturated heterocycles. The summed E-state index contributed by atoms with van der Waals surface area (Å²) in [6.07, 6.45) is 6.50. The van der Waals surface area contributed by atoms with Crippen molar-refractivity contribution in [2.45, 2.75) is 32.1 Å². The normalized spacial score (nSPS) is 18.3. The van der Waals surface area contributed by atoms with Gasteiger partial charge in [0.15, 0.2) is 0 Å². The van der Waals surface area contributed by atoms with Gasteiger partial charge in [0.05, 0.1) is 11.2 Å². The summed E-state index contributed by atoms with van der Waals surface area (Å²) in [5.74, 6) is 0.871. The molecule has 4 rings (SSSR count). The molecular weight excluding hydrogens is 316 g/mol. The predicted octanol–water partition coefficient (Wildman–Crippen LogP) is 5.57. The molecule has 0 aliphatic carbocycles. The molecule has 0 amide bonds. The van der Waals surface area contributed by atoms with E-state index < -0.39 is 0 Å². The Balaban J connectivity index is 1.55. The molecule has 3 aromatic rings. The summed E-state index contributed by atoms with van der Waals surface area (Å²) >= 11 is 0. The number of piperidine rings is 1. The number of aryl methyl sites for hydroxylation is 1. The first-order chi connectivity index (χ1) is 12.8. The van der Waals surface area contributed by atoms with Crippen molar-refractivity contribution in [3.8, 4) is 11.3 Å². The molecule has 1 fully saturated rings. The first-order valence-corrected chi connectivity index (χ1v) is 9.92. The van der Waals surface area contributed by atoms with Gasteiger partial charge in [0.2, 0.25) is 0 Å². The molecule has 1 atom stereocenters. The SMILES string of the molecule is CN1CCCC(CCCc2cc(-c3ccccc3)nc3ccccc23)C1. The molecule has 1 aromatic heterocycles. The number of rotatable bonds is 5. The van der Waals surface area contributed by atoms with Crippen molar-refractivity contribution in [3.05, 3.63) is 66.2 Å². The van der Waals surface area contributed by atoms with E-state index in [0.717, 1.165) is 23.5 Å². The van der Waals surface area contributed by atoms with Crippen LogP contribution < -0.4 is 0 Å². The Labute approximate surface area is 156 Å². The Hall–Kier alpha value is -2.19. The van der Waals surface area contributed by atoms with Gasteiger partial charge < -0.3 is 4.90 Å². The molecule has 2 heterocycles. The van der Waals surface area contributed by atoms with Crippen molar-refractivity contribution in [3.63, 3.8) is 0 Å². The average molecular weight is 345 g/mol. The Morgan fingerprint density at radius 3 is 2.69 bits per heavy atom. The lowest BCUT2D eigenvalue weighted by atomic mass is 9.91. The third kappa shape index (κ3) is 3.96. The van der Waals surface area contributed by atoms with Gasteiger partial charge in [0.1, 0.15) is 0 Å². The molecule has 0 saturated carbocycles. The van der Waals surface area contributed by atoms with E-state index in [1.807, 2.05) is 0 Å². The maximum atomic E-state index is 4.91. The largest absolute Gasteiger partial charge is 0.306 e. The Morgan fingerprint density at radius 1 is 1.04 bits per heavy atom. The number of fused-ring (bicyclic) bond motifs is 1. The Bertz CT molecular complexity index is 856. The van der Waals surface area contributed by atoms with E-state index >= 15 is 0 Å². The minimum atomic E-state index is 0.871. The van der Waals surface area contributed by atoms with Gasteiger partial charge in [-0.05, 0) is 69.3 Å². The van der Waals surface area contributed by atoms with Gasteiger partial charge in [-0.15, -0.1) is 0 Å². The maximum absolute atomic E-state index is 4.91. The first-order valence-electron chi connectivity index (χ1n) is 9.92. The molecule has 1 aliphatic rings. The fourth-order valence-corrected chi connectivity index (χ4v) is 4.30. The highest BCUT2D eigenvalue weighted by molar-refractivity contribution is 5.85. The second-order valence-corrected chi connectivity index (χ2v) is 7.71. The molecule has 26 heavy (non-hydrogen) atoms. The van der Waals surface area contributed by atoms with Gasteiger partial charge >= 0.3 is 0 Å². The number of hydrogen-bond donors (Lipinski definition) is 0. The third-order valence-electron chi connectivity index (χ3n) is 5.65. The second kappa shape index (κ2) is 8.01. The van der Waals surface area contributed by atoms with Crippen molar-refractivity contribution in [1.82, 2.24) is 9.88 Å². The van der Waals surface area contributed by atoms with Crippen LogP contribution in [0.15, 0.2) is 60.7 Å². The number of likely N-dealkylation sites (tertiary alicyclic amines) is 1. The number of nitrogens with zero attached hydrogens (tertiary/aromatic N) is 2. The molecule has 134 valence electrons. The average Bonchev–Trinajstić information content (AvgIpc) is 2.68. The molecule has 0 spiro atoms. The summed E-state index contributed by atoms with van der Waals surface area (Å²) in [5, 5.41) is 1.31. The highest BCUT2D eigenvalue weighted by Gasteiger charge is 2.17. The highest BCUT2D eigenvalue weighted by atomic mass is 15.1. The van der Waals surface area contributed by atoms with Gasteiger partial charge in [-0.1, -0.05) is 48.5 Å². The lowest BCUT2D eigenvalue weighted by Gasteiger charge is -2.29. The molecule has 0 N–H and O–H groups in total. The quantitative estimate of drug-likeness (QED) is 0.602. The topological polar surface area (TPSA) is 16.1 Å². The molecule has 0 bridgehead atoms. The minimum Gasteiger partial charge on any atom is -0.306 e. The van der Waals surface area contributed by atoms with Crippen molar-refractivity contribution in [2.24, 2.45) is 5.92 Å². The first kappa shape index (κ1) is 17.2. The number of para-hydroxylation sites is 1. The van der Waals surface area contributed by atoms with Crippen molar-refractivity contribution >= 4 is 10.9 Å². The van der Waals surface area contributed by atoms with Crippen molar-refractivity contribution in [1.29, 1.82) is 0 Å². The summed E-state index contributed by atoms with van der Waals surface area (Å²) < 4.78 is 0. The van der Waals surface area contributed by atoms with Crippen LogP contribution in [0.2, 0.25) is 0 Å². The lowest BCUT2D eigenvalue weighted by Crippen LogP contribution is -2.31. The van der Waals surface area contributed by atoms with E-state index in [9.17, 15) is 0 Å². The van der Waals surface area contributed by atoms with Crippen LogP contribution in [0.3, 0.4) is 0 Å². The fourth-order valence-electron chi connectivity index (χ4n) is 4.30. The van der Waals surface area contributed by atoms with E-state index in [1.54, 1.807) is 0 Å². The molecule has 2 heteroatoms. The molecule has 1 aliphatic heterocycles. The van der Waals surface area contributed by atoms with Crippen molar-refractivity contribution < 1.29 is 0 Å². The zero-order chi connectivity index (χ0) is 17.8. The van der Waals surface area contributed by atoms with E-state index in [1.165, 1.54) is 55.3 Å². The van der Waals surface area contributed by atoms with Gasteiger partial charge in [-0.3, -0.25) is 0 Å². The minimum absolute atomic E-state index is 0.871. The Morgan fingerprint density at radius 2 is 1.85 bits per heavy atom. The fraction of sp³-hybridized carbons (Fsp3) is 0.375. The summed E-state index contributed by atoms with van der Waals surface area (Å²) in [7, 11) is 2.26. The van der Waals surface area contributed by atoms with Crippen LogP contribution in [0.4, 0.5) is 0 Å². The highest BCUT2D eigenvalue weighted by Crippen LogP contribution is 2.27. The van der Waals surface area contributed by atoms with Crippen LogP contribution in [0, 0.1) is 5.92 Å². The van der Waals surface area contributed by atoms with E-state index in [-0.39, 0.29) is 0 Å². The summed E-state index contributed by atoms with van der Waals surface area (Å²) in [5.41, 5.74) is 4.85. The van der Waals surface area contributed by atoms with Crippen LogP contribution in [0.5, 0.6) is 0 Å². The van der Waals surface area contributed by atoms with Crippen LogP contribution in [-0.2, 0) is 6.42 Å². The zero-order valence-electron chi connectivity index (χ0n) is 15.7. The van der Waals surface area contributed by atoms with Crippen LogP contribution >= 0.6 is 0 Å². The molecular formula is C24H28N2. The second-order valence-electron chi connectivity index (χ2n) is 7.71. The van der Waals surface area contributed by atoms with Crippen molar-refractivity contribution in [2.75, 3.05) is 20.1 Å². The number of hydrogen-bond acceptors (Lipinski definition) is 2. The van der Waals surface area contributed by atoms with Crippen LogP contribution in [0.25, 0.3) is 22.2 Å². The summed E-state index contributed by atoms with van der Waals surface area (Å²) in [6, 6.07) is 21.4. The monoisotopic (exact) mass is 344 g/mol. The Kier molecular flexibility index (Phi) is 5.31. The lowest BCUT2D eigenvalue weighted by molar-refractivity contribution is 0.200. The van der Waals surface area contributed by atoms with E-state index in [2.05, 4.69) is 72.6 Å². The summed E-state index contributed by atoms with van der Waals surface area (Å²) in [6.45, 7) is 2.54. The van der Waals surface area contributed by atoms with E-state index in [0.29, 0.717) is 0 Å². The van der Waals surface area contributed by atoms with E-state index in [4.69, 9.17) is 4.98 Å². The van der Waals surface area contributed by atoms with Gasteiger partial charge in [-0.25, -0.2) is 4.98 Å². The molecule has 1 unspecified atom stereocenters. The van der Waals surface area contributed by atoms with Gasteiger partial charge in [0.25, 0.3) is 0 Å². The third-order valence-corrected chi connectivity index (χ3v) is 5.65. The molecule has 2 aromatic carbocycles. The smallest absolute Gasteiger partial charge is 0.0712 e. The summed E-state index contributed by atoms with van der Waals surface area (Å²) in [4.78, 5) is 7.40.